The molecular formula is C20H21N3O3S. The molecule has 0 unspecified atom stereocenters. The molecule has 27 heavy (non-hydrogen) atoms. The second kappa shape index (κ2) is 9.23. The first kappa shape index (κ1) is 19.0. The van der Waals surface area contributed by atoms with Crippen molar-refractivity contribution in [1.29, 1.82) is 0 Å². The van der Waals surface area contributed by atoms with Crippen LogP contribution in [-0.4, -0.2) is 35.5 Å². The molecule has 1 heterocycles. The fraction of sp³-hybridized carbons (Fsp3) is 0.250. The van der Waals surface area contributed by atoms with Gasteiger partial charge in [0.2, 0.25) is 11.8 Å². The van der Waals surface area contributed by atoms with Crippen LogP contribution < -0.4 is 10.1 Å². The molecule has 1 aromatic heterocycles. The summed E-state index contributed by atoms with van der Waals surface area (Å²) in [6.07, 6.45) is 0.742. The van der Waals surface area contributed by atoms with E-state index < -0.39 is 0 Å². The van der Waals surface area contributed by atoms with Gasteiger partial charge in [0, 0.05) is 12.1 Å². The van der Waals surface area contributed by atoms with Gasteiger partial charge in [-0.1, -0.05) is 41.6 Å². The summed E-state index contributed by atoms with van der Waals surface area (Å²) in [5.41, 5.74) is 3.14. The van der Waals surface area contributed by atoms with Crippen molar-refractivity contribution in [2.45, 2.75) is 18.6 Å². The third kappa shape index (κ3) is 5.59. The van der Waals surface area contributed by atoms with Gasteiger partial charge in [-0.2, -0.15) is 0 Å². The Hall–Kier alpha value is -2.80. The van der Waals surface area contributed by atoms with E-state index in [1.807, 2.05) is 55.5 Å². The third-order valence-electron chi connectivity index (χ3n) is 3.90. The molecule has 0 saturated carbocycles. The van der Waals surface area contributed by atoms with Gasteiger partial charge in [-0.25, -0.2) is 0 Å². The highest BCUT2D eigenvalue weighted by Gasteiger charge is 2.11. The third-order valence-corrected chi connectivity index (χ3v) is 4.72. The molecule has 1 amide bonds. The second-order valence-electron chi connectivity index (χ2n) is 5.98. The summed E-state index contributed by atoms with van der Waals surface area (Å²) in [5, 5.41) is 11.3. The van der Waals surface area contributed by atoms with Gasteiger partial charge in [-0.3, -0.25) is 4.79 Å². The van der Waals surface area contributed by atoms with Gasteiger partial charge >= 0.3 is 0 Å². The van der Waals surface area contributed by atoms with Crippen LogP contribution in [0, 0.1) is 6.92 Å². The molecule has 3 rings (SSSR count). The van der Waals surface area contributed by atoms with E-state index in [0.717, 1.165) is 23.3 Å². The van der Waals surface area contributed by atoms with Crippen molar-refractivity contribution >= 4 is 17.7 Å². The van der Waals surface area contributed by atoms with Crippen LogP contribution in [-0.2, 0) is 11.2 Å². The number of aryl methyl sites for hydroxylation is 1. The predicted octanol–water partition coefficient (Wildman–Crippen LogP) is 3.50. The monoisotopic (exact) mass is 383 g/mol. The van der Waals surface area contributed by atoms with Crippen molar-refractivity contribution in [1.82, 2.24) is 15.5 Å². The average Bonchev–Trinajstić information content (AvgIpc) is 3.16. The van der Waals surface area contributed by atoms with Gasteiger partial charge in [-0.15, -0.1) is 10.2 Å². The number of hydrogen-bond acceptors (Lipinski definition) is 6. The quantitative estimate of drug-likeness (QED) is 0.600. The van der Waals surface area contributed by atoms with E-state index in [9.17, 15) is 4.79 Å². The zero-order valence-electron chi connectivity index (χ0n) is 15.3. The van der Waals surface area contributed by atoms with Crippen molar-refractivity contribution in [2.24, 2.45) is 0 Å². The molecule has 0 atom stereocenters. The first-order chi connectivity index (χ1) is 13.1. The summed E-state index contributed by atoms with van der Waals surface area (Å²) in [5.74, 6) is 1.43. The Morgan fingerprint density at radius 2 is 2.00 bits per heavy atom. The van der Waals surface area contributed by atoms with Crippen LogP contribution in [0.1, 0.15) is 11.1 Å². The van der Waals surface area contributed by atoms with Gasteiger partial charge in [0.25, 0.3) is 5.22 Å². The first-order valence-electron chi connectivity index (χ1n) is 8.57. The first-order valence-corrected chi connectivity index (χ1v) is 9.55. The maximum Gasteiger partial charge on any atom is 0.277 e. The van der Waals surface area contributed by atoms with E-state index >= 15 is 0 Å². The molecule has 140 valence electrons. The summed E-state index contributed by atoms with van der Waals surface area (Å²) in [6.45, 7) is 2.58. The molecule has 0 fully saturated rings. The Morgan fingerprint density at radius 1 is 1.19 bits per heavy atom. The van der Waals surface area contributed by atoms with E-state index in [4.69, 9.17) is 9.15 Å². The number of benzene rings is 2. The summed E-state index contributed by atoms with van der Waals surface area (Å²) in [4.78, 5) is 12.0. The number of aromatic nitrogens is 2. The van der Waals surface area contributed by atoms with Gasteiger partial charge < -0.3 is 14.5 Å². The molecule has 0 bridgehead atoms. The largest absolute Gasteiger partial charge is 0.497 e. The highest BCUT2D eigenvalue weighted by Crippen LogP contribution is 2.23. The Kier molecular flexibility index (Phi) is 6.49. The van der Waals surface area contributed by atoms with Gasteiger partial charge in [-0.05, 0) is 43.2 Å². The molecule has 7 heteroatoms. The van der Waals surface area contributed by atoms with Gasteiger partial charge in [0.15, 0.2) is 0 Å². The van der Waals surface area contributed by atoms with Crippen molar-refractivity contribution in [2.75, 3.05) is 19.4 Å². The molecule has 0 spiro atoms. The summed E-state index contributed by atoms with van der Waals surface area (Å²) >= 11 is 1.23. The molecule has 0 aliphatic heterocycles. The molecule has 0 radical (unpaired) electrons. The van der Waals surface area contributed by atoms with Crippen LogP contribution in [0.5, 0.6) is 5.75 Å². The Balaban J connectivity index is 1.43. The minimum absolute atomic E-state index is 0.0713. The minimum atomic E-state index is -0.0713. The number of hydrogen-bond donors (Lipinski definition) is 1. The van der Waals surface area contributed by atoms with Crippen molar-refractivity contribution < 1.29 is 13.9 Å². The van der Waals surface area contributed by atoms with E-state index in [1.54, 1.807) is 7.11 Å². The lowest BCUT2D eigenvalue weighted by Gasteiger charge is -2.06. The number of methoxy groups -OCH3 is 1. The Morgan fingerprint density at radius 3 is 2.78 bits per heavy atom. The molecule has 1 N–H and O–H groups in total. The fourth-order valence-electron chi connectivity index (χ4n) is 2.43. The average molecular weight is 383 g/mol. The number of carbonyl (C=O) groups is 1. The van der Waals surface area contributed by atoms with E-state index in [2.05, 4.69) is 15.5 Å². The lowest BCUT2D eigenvalue weighted by Crippen LogP contribution is -2.27. The van der Waals surface area contributed by atoms with Crippen molar-refractivity contribution in [3.05, 3.63) is 59.7 Å². The predicted molar refractivity (Wildman–Crippen MR) is 105 cm³/mol. The SMILES string of the molecule is COc1cccc(CCNC(=O)CSc2nnc(-c3ccc(C)cc3)o2)c1. The number of ether oxygens (including phenoxy) is 1. The van der Waals surface area contributed by atoms with Crippen LogP contribution in [0.25, 0.3) is 11.5 Å². The number of amides is 1. The summed E-state index contributed by atoms with van der Waals surface area (Å²) < 4.78 is 10.8. The topological polar surface area (TPSA) is 77.2 Å². The Labute approximate surface area is 162 Å². The van der Waals surface area contributed by atoms with Crippen LogP contribution >= 0.6 is 11.8 Å². The van der Waals surface area contributed by atoms with Crippen molar-refractivity contribution in [3.63, 3.8) is 0 Å². The molecule has 0 aliphatic carbocycles. The number of rotatable bonds is 8. The van der Waals surface area contributed by atoms with Crippen LogP contribution in [0.15, 0.2) is 58.2 Å². The zero-order chi connectivity index (χ0) is 19.1. The van der Waals surface area contributed by atoms with Gasteiger partial charge in [0.05, 0.1) is 12.9 Å². The van der Waals surface area contributed by atoms with Crippen LogP contribution in [0.2, 0.25) is 0 Å². The molecule has 3 aromatic rings. The molecule has 2 aromatic carbocycles. The Bertz CT molecular complexity index is 893. The lowest BCUT2D eigenvalue weighted by molar-refractivity contribution is -0.118. The normalized spacial score (nSPS) is 10.6. The maximum absolute atomic E-state index is 12.0. The highest BCUT2D eigenvalue weighted by molar-refractivity contribution is 7.99. The van der Waals surface area contributed by atoms with Crippen LogP contribution in [0.3, 0.4) is 0 Å². The van der Waals surface area contributed by atoms with Crippen LogP contribution in [0.4, 0.5) is 0 Å². The number of nitrogens with one attached hydrogen (secondary N) is 1. The fourth-order valence-corrected chi connectivity index (χ4v) is 3.03. The molecular weight excluding hydrogens is 362 g/mol. The van der Waals surface area contributed by atoms with Crippen molar-refractivity contribution in [3.8, 4) is 17.2 Å². The number of thioether (sulfide) groups is 1. The number of nitrogens with zero attached hydrogens (tertiary/aromatic N) is 2. The smallest absolute Gasteiger partial charge is 0.277 e. The van der Waals surface area contributed by atoms with E-state index in [-0.39, 0.29) is 11.7 Å². The standard InChI is InChI=1S/C20H21N3O3S/c1-14-6-8-16(9-7-14)19-22-23-20(26-19)27-13-18(24)21-11-10-15-4-3-5-17(12-15)25-2/h3-9,12H,10-11,13H2,1-2H3,(H,21,24). The lowest BCUT2D eigenvalue weighted by atomic mass is 10.1. The number of carbonyl (C=O) groups excluding carboxylic acids is 1. The highest BCUT2D eigenvalue weighted by atomic mass is 32.2. The second-order valence-corrected chi connectivity index (χ2v) is 6.91. The molecule has 0 saturated heterocycles. The summed E-state index contributed by atoms with van der Waals surface area (Å²) in [7, 11) is 1.64. The van der Waals surface area contributed by atoms with E-state index in [0.29, 0.717) is 17.7 Å². The van der Waals surface area contributed by atoms with E-state index in [1.165, 1.54) is 17.3 Å². The summed E-state index contributed by atoms with van der Waals surface area (Å²) in [6, 6.07) is 15.6. The molecule has 6 nitrogen and oxygen atoms in total. The zero-order valence-corrected chi connectivity index (χ0v) is 16.1. The van der Waals surface area contributed by atoms with Gasteiger partial charge in [0.1, 0.15) is 5.75 Å². The minimum Gasteiger partial charge on any atom is -0.497 e. The molecule has 0 aliphatic rings. The maximum atomic E-state index is 12.0.